The molecule has 0 N–H and O–H groups in total. The molecule has 118 valence electrons. The Balaban J connectivity index is 0.000000829. The van der Waals surface area contributed by atoms with Gasteiger partial charge in [-0.3, -0.25) is 9.59 Å². The first-order valence-electron chi connectivity index (χ1n) is 7.84. The molecule has 1 unspecified atom stereocenters. The molecule has 0 aromatic carbocycles. The van der Waals surface area contributed by atoms with Crippen molar-refractivity contribution in [1.29, 1.82) is 0 Å². The van der Waals surface area contributed by atoms with Crippen molar-refractivity contribution in [2.75, 3.05) is 32.8 Å². The summed E-state index contributed by atoms with van der Waals surface area (Å²) in [7, 11) is 0. The summed E-state index contributed by atoms with van der Waals surface area (Å²) < 4.78 is 5.37. The van der Waals surface area contributed by atoms with Crippen LogP contribution in [0, 0.1) is 0 Å². The summed E-state index contributed by atoms with van der Waals surface area (Å²) >= 11 is 0. The van der Waals surface area contributed by atoms with Crippen LogP contribution in [-0.2, 0) is 14.3 Å². The van der Waals surface area contributed by atoms with Gasteiger partial charge in [0, 0.05) is 39.7 Å². The normalized spacial score (nSPS) is 21.4. The number of carbonyl (C=O) groups is 2. The lowest BCUT2D eigenvalue weighted by Gasteiger charge is -2.35. The molecule has 5 heteroatoms. The highest BCUT2D eigenvalue weighted by molar-refractivity contribution is 5.81. The summed E-state index contributed by atoms with van der Waals surface area (Å²) in [5.41, 5.74) is 0. The first-order valence-corrected chi connectivity index (χ1v) is 7.84. The third-order valence-corrected chi connectivity index (χ3v) is 3.24. The van der Waals surface area contributed by atoms with Gasteiger partial charge in [0.2, 0.25) is 5.91 Å². The fraction of sp³-hybridized carbons (Fsp3) is 0.867. The fourth-order valence-electron chi connectivity index (χ4n) is 2.22. The molecule has 0 radical (unpaired) electrons. The van der Waals surface area contributed by atoms with Gasteiger partial charge in [0.25, 0.3) is 5.91 Å². The first-order chi connectivity index (χ1) is 9.68. The number of piperazine rings is 1. The Morgan fingerprint density at radius 1 is 0.950 bits per heavy atom. The summed E-state index contributed by atoms with van der Waals surface area (Å²) in [4.78, 5) is 26.7. The smallest absolute Gasteiger partial charge is 0.251 e. The summed E-state index contributed by atoms with van der Waals surface area (Å²) in [5, 5.41) is 0. The molecule has 2 amide bonds. The Kier molecular flexibility index (Phi) is 10.1. The molecule has 2 aliphatic rings. The van der Waals surface area contributed by atoms with Gasteiger partial charge in [-0.1, -0.05) is 27.7 Å². The second kappa shape index (κ2) is 10.7. The maximum atomic E-state index is 12.0. The molecule has 2 rings (SSSR count). The zero-order chi connectivity index (χ0) is 15.5. The van der Waals surface area contributed by atoms with E-state index in [-0.39, 0.29) is 17.9 Å². The lowest BCUT2D eigenvalue weighted by Crippen LogP contribution is -2.52. The lowest BCUT2D eigenvalue weighted by molar-refractivity contribution is -0.145. The van der Waals surface area contributed by atoms with Crippen LogP contribution in [0.2, 0.25) is 0 Å². The highest BCUT2D eigenvalue weighted by atomic mass is 16.5. The molecule has 20 heavy (non-hydrogen) atoms. The summed E-state index contributed by atoms with van der Waals surface area (Å²) in [5.74, 6) is 0.185. The number of carbonyl (C=O) groups excluding carboxylic acids is 2. The van der Waals surface area contributed by atoms with Gasteiger partial charge in [-0.2, -0.15) is 0 Å². The molecule has 0 aliphatic carbocycles. The molecular weight excluding hydrogens is 256 g/mol. The van der Waals surface area contributed by atoms with Crippen LogP contribution in [0.25, 0.3) is 0 Å². The number of hydrogen-bond acceptors (Lipinski definition) is 3. The minimum atomic E-state index is -0.233. The fourth-order valence-corrected chi connectivity index (χ4v) is 2.22. The average molecular weight is 286 g/mol. The number of ether oxygens (including phenoxy) is 1. The van der Waals surface area contributed by atoms with Gasteiger partial charge in [-0.15, -0.1) is 0 Å². The summed E-state index contributed by atoms with van der Waals surface area (Å²) in [6.07, 6.45) is 1.58. The van der Waals surface area contributed by atoms with Crippen molar-refractivity contribution in [1.82, 2.24) is 9.80 Å². The van der Waals surface area contributed by atoms with Crippen molar-refractivity contribution < 1.29 is 14.3 Å². The van der Waals surface area contributed by atoms with E-state index in [1.54, 1.807) is 11.8 Å². The van der Waals surface area contributed by atoms with Gasteiger partial charge >= 0.3 is 0 Å². The predicted molar refractivity (Wildman–Crippen MR) is 80.5 cm³/mol. The van der Waals surface area contributed by atoms with E-state index in [1.165, 1.54) is 0 Å². The first kappa shape index (κ1) is 18.9. The van der Waals surface area contributed by atoms with E-state index in [9.17, 15) is 9.59 Å². The Labute approximate surface area is 123 Å². The van der Waals surface area contributed by atoms with Crippen LogP contribution >= 0.6 is 0 Å². The second-order valence-electron chi connectivity index (χ2n) is 4.33. The maximum Gasteiger partial charge on any atom is 0.251 e. The average Bonchev–Trinajstić information content (AvgIpc) is 3.05. The maximum absolute atomic E-state index is 12.0. The van der Waals surface area contributed by atoms with Gasteiger partial charge in [0.1, 0.15) is 6.10 Å². The molecule has 0 aromatic rings. The summed E-state index contributed by atoms with van der Waals surface area (Å²) in [6.45, 7) is 12.8. The minimum absolute atomic E-state index is 0.0872. The third kappa shape index (κ3) is 5.49. The van der Waals surface area contributed by atoms with Crippen molar-refractivity contribution in [2.45, 2.75) is 53.6 Å². The molecule has 5 nitrogen and oxygen atoms in total. The molecule has 1 atom stereocenters. The van der Waals surface area contributed by atoms with Gasteiger partial charge in [-0.05, 0) is 12.8 Å². The number of nitrogens with zero attached hydrogens (tertiary/aromatic N) is 2. The zero-order valence-electron chi connectivity index (χ0n) is 13.6. The van der Waals surface area contributed by atoms with E-state index < -0.39 is 0 Å². The van der Waals surface area contributed by atoms with E-state index in [1.807, 2.05) is 32.6 Å². The van der Waals surface area contributed by atoms with Gasteiger partial charge in [-0.25, -0.2) is 0 Å². The van der Waals surface area contributed by atoms with E-state index in [0.29, 0.717) is 32.8 Å². The molecule has 2 fully saturated rings. The molecule has 0 bridgehead atoms. The van der Waals surface area contributed by atoms with Crippen LogP contribution in [0.4, 0.5) is 0 Å². The standard InChI is InChI=1S/C11H18N2O3.2C2H6/c1-9(14)12-4-6-13(7-5-12)11(15)10-3-2-8-16-10;2*1-2/h10H,2-8H2,1H3;2*1-2H3. The predicted octanol–water partition coefficient (Wildman–Crippen LogP) is 1.91. The topological polar surface area (TPSA) is 49.9 Å². The SMILES string of the molecule is CC.CC.CC(=O)N1CCN(C(=O)C2CCCO2)CC1. The highest BCUT2D eigenvalue weighted by Gasteiger charge is 2.30. The van der Waals surface area contributed by atoms with Crippen molar-refractivity contribution in [3.05, 3.63) is 0 Å². The molecule has 0 saturated carbocycles. The van der Waals surface area contributed by atoms with Crippen LogP contribution < -0.4 is 0 Å². The van der Waals surface area contributed by atoms with E-state index in [4.69, 9.17) is 4.74 Å². The molecule has 0 aromatic heterocycles. The van der Waals surface area contributed by atoms with Crippen LogP contribution in [0.1, 0.15) is 47.5 Å². The highest BCUT2D eigenvalue weighted by Crippen LogP contribution is 2.15. The quantitative estimate of drug-likeness (QED) is 0.740. The van der Waals surface area contributed by atoms with E-state index in [0.717, 1.165) is 12.8 Å². The molecule has 2 heterocycles. The molecule has 2 saturated heterocycles. The number of amides is 2. The number of rotatable bonds is 1. The van der Waals surface area contributed by atoms with Crippen LogP contribution in [0.15, 0.2) is 0 Å². The van der Waals surface area contributed by atoms with Crippen molar-refractivity contribution in [3.63, 3.8) is 0 Å². The van der Waals surface area contributed by atoms with Crippen LogP contribution in [0.3, 0.4) is 0 Å². The van der Waals surface area contributed by atoms with Crippen molar-refractivity contribution >= 4 is 11.8 Å². The van der Waals surface area contributed by atoms with Gasteiger partial charge in [0.05, 0.1) is 0 Å². The van der Waals surface area contributed by atoms with Crippen molar-refractivity contribution in [2.24, 2.45) is 0 Å². The molecule has 2 aliphatic heterocycles. The third-order valence-electron chi connectivity index (χ3n) is 3.24. The van der Waals surface area contributed by atoms with Crippen molar-refractivity contribution in [3.8, 4) is 0 Å². The Morgan fingerprint density at radius 3 is 1.85 bits per heavy atom. The van der Waals surface area contributed by atoms with Crippen LogP contribution in [0.5, 0.6) is 0 Å². The Hall–Kier alpha value is -1.10. The number of hydrogen-bond donors (Lipinski definition) is 0. The van der Waals surface area contributed by atoms with E-state index >= 15 is 0 Å². The van der Waals surface area contributed by atoms with Crippen LogP contribution in [-0.4, -0.2) is 60.5 Å². The minimum Gasteiger partial charge on any atom is -0.368 e. The molecular formula is C15H30N2O3. The van der Waals surface area contributed by atoms with E-state index in [2.05, 4.69) is 0 Å². The zero-order valence-corrected chi connectivity index (χ0v) is 13.6. The van der Waals surface area contributed by atoms with Gasteiger partial charge in [0.15, 0.2) is 0 Å². The largest absolute Gasteiger partial charge is 0.368 e. The second-order valence-corrected chi connectivity index (χ2v) is 4.33. The molecule has 0 spiro atoms. The Bertz CT molecular complexity index is 281. The van der Waals surface area contributed by atoms with Gasteiger partial charge < -0.3 is 14.5 Å². The monoisotopic (exact) mass is 286 g/mol. The summed E-state index contributed by atoms with van der Waals surface area (Å²) in [6, 6.07) is 0. The lowest BCUT2D eigenvalue weighted by atomic mass is 10.2. The Morgan fingerprint density at radius 2 is 1.45 bits per heavy atom.